The van der Waals surface area contributed by atoms with Gasteiger partial charge in [0.25, 0.3) is 0 Å². The predicted octanol–water partition coefficient (Wildman–Crippen LogP) is 3.16. The number of thioether (sulfide) groups is 2. The van der Waals surface area contributed by atoms with Gasteiger partial charge in [0.15, 0.2) is 17.3 Å². The average molecular weight is 350 g/mol. The van der Waals surface area contributed by atoms with E-state index in [1.807, 2.05) is 0 Å². The van der Waals surface area contributed by atoms with Crippen LogP contribution in [-0.2, 0) is 9.59 Å². The first-order chi connectivity index (χ1) is 11.1. The van der Waals surface area contributed by atoms with E-state index >= 15 is 0 Å². The van der Waals surface area contributed by atoms with Crippen LogP contribution in [-0.4, -0.2) is 35.2 Å². The summed E-state index contributed by atoms with van der Waals surface area (Å²) in [5.74, 6) is 1.30. The number of hydrogen-bond donors (Lipinski definition) is 1. The Morgan fingerprint density at radius 3 is 2.61 bits per heavy atom. The lowest BCUT2D eigenvalue weighted by Crippen LogP contribution is -2.13. The fourth-order valence-electron chi connectivity index (χ4n) is 2.14. The van der Waals surface area contributed by atoms with E-state index in [0.29, 0.717) is 15.7 Å². The maximum absolute atomic E-state index is 12.3. The molecule has 120 valence electrons. The Hall–Kier alpha value is -1.86. The van der Waals surface area contributed by atoms with E-state index in [0.717, 1.165) is 23.5 Å². The smallest absolute Gasteiger partial charge is 0.341 e. The topological polar surface area (TPSA) is 72.8 Å². The number of carboxylic acid groups (broad SMARTS) is 1. The number of ketones is 1. The first kappa shape index (κ1) is 16.0. The number of hydrogen-bond acceptors (Lipinski definition) is 6. The number of carbonyl (C=O) groups excluding carboxylic acids is 1. The zero-order chi connectivity index (χ0) is 16.2. The first-order valence-corrected chi connectivity index (χ1v) is 8.97. The molecule has 2 heterocycles. The van der Waals surface area contributed by atoms with Crippen molar-refractivity contribution in [3.63, 3.8) is 0 Å². The molecule has 3 rings (SSSR count). The molecule has 0 bridgehead atoms. The van der Waals surface area contributed by atoms with Crippen LogP contribution in [0, 0.1) is 0 Å². The molecular formula is C16H14O5S2. The van der Waals surface area contributed by atoms with Crippen molar-refractivity contribution in [1.82, 2.24) is 0 Å². The van der Waals surface area contributed by atoms with Crippen molar-refractivity contribution >= 4 is 41.4 Å². The number of carboxylic acids is 1. The van der Waals surface area contributed by atoms with Gasteiger partial charge in [-0.05, 0) is 41.7 Å². The van der Waals surface area contributed by atoms with Gasteiger partial charge in [0.05, 0.1) is 4.24 Å². The van der Waals surface area contributed by atoms with Crippen LogP contribution in [0.1, 0.15) is 12.0 Å². The molecule has 0 saturated carbocycles. The van der Waals surface area contributed by atoms with Gasteiger partial charge in [-0.1, -0.05) is 12.1 Å². The molecule has 0 unspecified atom stereocenters. The average Bonchev–Trinajstić information content (AvgIpc) is 3.01. The minimum atomic E-state index is -1.18. The van der Waals surface area contributed by atoms with Crippen molar-refractivity contribution in [2.24, 2.45) is 0 Å². The second-order valence-electron chi connectivity index (χ2n) is 4.83. The van der Waals surface area contributed by atoms with Crippen LogP contribution >= 0.6 is 23.5 Å². The Labute approximate surface area is 141 Å². The second kappa shape index (κ2) is 7.14. The standard InChI is InChI=1S/C16H14O5S2/c17-11(14(15(18)19)16-22-6-1-7-23-16)4-2-10-3-5-12-13(8-10)21-9-20-12/h2-5,8H,1,6-7,9H2,(H,18,19)/b4-2+. The molecule has 1 fully saturated rings. The third-order valence-corrected chi connectivity index (χ3v) is 5.87. The number of benzene rings is 1. The molecule has 5 nitrogen and oxygen atoms in total. The maximum atomic E-state index is 12.3. The summed E-state index contributed by atoms with van der Waals surface area (Å²) in [4.78, 5) is 23.7. The molecule has 0 radical (unpaired) electrons. The number of allylic oxidation sites excluding steroid dienone is 1. The summed E-state index contributed by atoms with van der Waals surface area (Å²) in [6.45, 7) is 0.186. The molecule has 1 N–H and O–H groups in total. The number of carbonyl (C=O) groups is 2. The molecule has 0 spiro atoms. The molecule has 0 atom stereocenters. The van der Waals surface area contributed by atoms with Crippen molar-refractivity contribution in [3.05, 3.63) is 39.6 Å². The van der Waals surface area contributed by atoms with Crippen molar-refractivity contribution in [3.8, 4) is 11.5 Å². The first-order valence-electron chi connectivity index (χ1n) is 7.00. The molecule has 23 heavy (non-hydrogen) atoms. The third-order valence-electron chi connectivity index (χ3n) is 3.24. The van der Waals surface area contributed by atoms with Crippen LogP contribution < -0.4 is 9.47 Å². The highest BCUT2D eigenvalue weighted by Crippen LogP contribution is 2.37. The zero-order valence-corrected chi connectivity index (χ0v) is 13.7. The molecule has 1 aromatic rings. The van der Waals surface area contributed by atoms with E-state index in [4.69, 9.17) is 9.47 Å². The lowest BCUT2D eigenvalue weighted by atomic mass is 10.1. The van der Waals surface area contributed by atoms with Crippen LogP contribution in [0.25, 0.3) is 6.08 Å². The summed E-state index contributed by atoms with van der Waals surface area (Å²) in [5.41, 5.74) is 0.609. The van der Waals surface area contributed by atoms with Crippen LogP contribution in [0.15, 0.2) is 34.1 Å². The van der Waals surface area contributed by atoms with E-state index < -0.39 is 11.8 Å². The summed E-state index contributed by atoms with van der Waals surface area (Å²) in [6.07, 6.45) is 3.91. The highest BCUT2D eigenvalue weighted by atomic mass is 32.2. The van der Waals surface area contributed by atoms with Crippen LogP contribution in [0.2, 0.25) is 0 Å². The van der Waals surface area contributed by atoms with Gasteiger partial charge in [-0.2, -0.15) is 0 Å². The van der Waals surface area contributed by atoms with Gasteiger partial charge in [-0.25, -0.2) is 4.79 Å². The highest BCUT2D eigenvalue weighted by Gasteiger charge is 2.23. The summed E-state index contributed by atoms with van der Waals surface area (Å²) >= 11 is 2.87. The van der Waals surface area contributed by atoms with Gasteiger partial charge < -0.3 is 14.6 Å². The molecule has 0 aliphatic carbocycles. The molecular weight excluding hydrogens is 336 g/mol. The van der Waals surface area contributed by atoms with Crippen LogP contribution in [0.4, 0.5) is 0 Å². The molecule has 1 aromatic carbocycles. The number of ether oxygens (including phenoxy) is 2. The number of aliphatic carboxylic acids is 1. The van der Waals surface area contributed by atoms with Crippen molar-refractivity contribution < 1.29 is 24.2 Å². The SMILES string of the molecule is O=C(O)C(C(=O)/C=C/c1ccc2c(c1)OCO2)=C1SCCCS1. The monoisotopic (exact) mass is 350 g/mol. The van der Waals surface area contributed by atoms with E-state index in [1.165, 1.54) is 29.6 Å². The van der Waals surface area contributed by atoms with Gasteiger partial charge in [0.1, 0.15) is 5.57 Å². The summed E-state index contributed by atoms with van der Waals surface area (Å²) < 4.78 is 11.1. The molecule has 2 aliphatic rings. The minimum absolute atomic E-state index is 0.142. The highest BCUT2D eigenvalue weighted by molar-refractivity contribution is 8.22. The Bertz CT molecular complexity index is 700. The molecule has 1 saturated heterocycles. The summed E-state index contributed by atoms with van der Waals surface area (Å²) in [5, 5.41) is 9.34. The van der Waals surface area contributed by atoms with Gasteiger partial charge in [0, 0.05) is 0 Å². The fourth-order valence-corrected chi connectivity index (χ4v) is 4.77. The lowest BCUT2D eigenvalue weighted by molar-refractivity contribution is -0.134. The van der Waals surface area contributed by atoms with Crippen molar-refractivity contribution in [1.29, 1.82) is 0 Å². The predicted molar refractivity (Wildman–Crippen MR) is 90.8 cm³/mol. The number of rotatable bonds is 4. The molecule has 2 aliphatic heterocycles. The van der Waals surface area contributed by atoms with Gasteiger partial charge in [0.2, 0.25) is 6.79 Å². The Kier molecular flexibility index (Phi) is 4.97. The Morgan fingerprint density at radius 2 is 1.87 bits per heavy atom. The van der Waals surface area contributed by atoms with E-state index in [1.54, 1.807) is 24.3 Å². The quantitative estimate of drug-likeness (QED) is 0.508. The lowest BCUT2D eigenvalue weighted by Gasteiger charge is -2.14. The number of fused-ring (bicyclic) bond motifs is 1. The van der Waals surface area contributed by atoms with Crippen molar-refractivity contribution in [2.45, 2.75) is 6.42 Å². The van der Waals surface area contributed by atoms with Crippen LogP contribution in [0.5, 0.6) is 11.5 Å². The van der Waals surface area contributed by atoms with Crippen LogP contribution in [0.3, 0.4) is 0 Å². The third kappa shape index (κ3) is 3.73. The molecule has 0 aromatic heterocycles. The van der Waals surface area contributed by atoms with Gasteiger partial charge in [-0.3, -0.25) is 4.79 Å². The normalized spacial score (nSPS) is 16.6. The van der Waals surface area contributed by atoms with E-state index in [9.17, 15) is 14.7 Å². The largest absolute Gasteiger partial charge is 0.477 e. The Morgan fingerprint density at radius 1 is 1.13 bits per heavy atom. The molecule has 0 amide bonds. The van der Waals surface area contributed by atoms with Gasteiger partial charge >= 0.3 is 5.97 Å². The Balaban J connectivity index is 1.80. The summed E-state index contributed by atoms with van der Waals surface area (Å²) in [7, 11) is 0. The van der Waals surface area contributed by atoms with E-state index in [2.05, 4.69) is 0 Å². The second-order valence-corrected chi connectivity index (χ2v) is 7.30. The molecule has 7 heteroatoms. The zero-order valence-electron chi connectivity index (χ0n) is 12.1. The maximum Gasteiger partial charge on any atom is 0.341 e. The summed E-state index contributed by atoms with van der Waals surface area (Å²) in [6, 6.07) is 5.30. The van der Waals surface area contributed by atoms with Gasteiger partial charge in [-0.15, -0.1) is 23.5 Å². The fraction of sp³-hybridized carbons (Fsp3) is 0.250. The van der Waals surface area contributed by atoms with Crippen molar-refractivity contribution in [2.75, 3.05) is 18.3 Å². The van der Waals surface area contributed by atoms with E-state index in [-0.39, 0.29) is 12.4 Å². The minimum Gasteiger partial charge on any atom is -0.477 e.